The Morgan fingerprint density at radius 1 is 1.14 bits per heavy atom. The Kier molecular flexibility index (Phi) is 5.66. The number of ether oxygens (including phenoxy) is 1. The summed E-state index contributed by atoms with van der Waals surface area (Å²) < 4.78 is 19.4. The van der Waals surface area contributed by atoms with Crippen LogP contribution in [0.15, 0.2) is 36.4 Å². The van der Waals surface area contributed by atoms with Crippen LogP contribution in [0.3, 0.4) is 0 Å². The maximum absolute atomic E-state index is 13.8. The first-order valence-electron chi connectivity index (χ1n) is 9.68. The molecule has 8 heteroatoms. The van der Waals surface area contributed by atoms with Crippen molar-refractivity contribution in [1.29, 1.82) is 0 Å². The molecule has 0 radical (unpaired) electrons. The molecule has 2 aliphatic rings. The topological polar surface area (TPSA) is 70.6 Å². The minimum atomic E-state index is -0.480. The number of nitrogens with one attached hydrogen (secondary N) is 1. The van der Waals surface area contributed by atoms with E-state index in [1.807, 2.05) is 12.1 Å². The lowest BCUT2D eigenvalue weighted by molar-refractivity contribution is 0.0741. The van der Waals surface area contributed by atoms with E-state index in [2.05, 4.69) is 20.4 Å². The summed E-state index contributed by atoms with van der Waals surface area (Å²) in [4.78, 5) is 16.3. The van der Waals surface area contributed by atoms with Gasteiger partial charge in [-0.25, -0.2) is 4.39 Å². The van der Waals surface area contributed by atoms with Gasteiger partial charge in [-0.05, 0) is 37.1 Å². The molecule has 1 aromatic carbocycles. The number of nitrogens with zero attached hydrogens (tertiary/aromatic N) is 4. The number of carbonyl (C=O) groups excluding carboxylic acids is 1. The minimum Gasteiger partial charge on any atom is -0.376 e. The fourth-order valence-corrected chi connectivity index (χ4v) is 3.56. The second-order valence-corrected chi connectivity index (χ2v) is 7.05. The van der Waals surface area contributed by atoms with Crippen molar-refractivity contribution in [3.63, 3.8) is 0 Å². The van der Waals surface area contributed by atoms with Crippen LogP contribution in [-0.4, -0.2) is 66.4 Å². The van der Waals surface area contributed by atoms with Gasteiger partial charge in [-0.15, -0.1) is 10.2 Å². The molecule has 2 saturated heterocycles. The molecular weight excluding hydrogens is 361 g/mol. The first-order chi connectivity index (χ1) is 13.7. The molecule has 2 fully saturated rings. The molecule has 2 aliphatic heterocycles. The monoisotopic (exact) mass is 385 g/mol. The summed E-state index contributed by atoms with van der Waals surface area (Å²) >= 11 is 0. The Labute approximate surface area is 163 Å². The van der Waals surface area contributed by atoms with Crippen molar-refractivity contribution in [3.8, 4) is 0 Å². The van der Waals surface area contributed by atoms with E-state index in [0.29, 0.717) is 26.2 Å². The highest BCUT2D eigenvalue weighted by atomic mass is 19.1. The first-order valence-corrected chi connectivity index (χ1v) is 9.68. The van der Waals surface area contributed by atoms with Crippen molar-refractivity contribution in [2.24, 2.45) is 0 Å². The molecule has 28 heavy (non-hydrogen) atoms. The predicted molar refractivity (Wildman–Crippen MR) is 104 cm³/mol. The zero-order valence-corrected chi connectivity index (χ0v) is 15.7. The number of amides is 1. The summed E-state index contributed by atoms with van der Waals surface area (Å²) in [6, 6.07) is 9.94. The van der Waals surface area contributed by atoms with Gasteiger partial charge < -0.3 is 19.9 Å². The second kappa shape index (κ2) is 8.52. The Balaban J connectivity index is 1.29. The van der Waals surface area contributed by atoms with Crippen LogP contribution in [-0.2, 0) is 4.74 Å². The summed E-state index contributed by atoms with van der Waals surface area (Å²) in [6.45, 7) is 3.89. The Morgan fingerprint density at radius 2 is 1.96 bits per heavy atom. The SMILES string of the molecule is O=C(c1ccccc1F)N1CCN(c2ccc(NCC3CCCO3)nn2)CC1. The summed E-state index contributed by atoms with van der Waals surface area (Å²) in [6.07, 6.45) is 2.44. The third kappa shape index (κ3) is 4.22. The molecule has 1 unspecified atom stereocenters. The van der Waals surface area contributed by atoms with Gasteiger partial charge in [-0.1, -0.05) is 12.1 Å². The highest BCUT2D eigenvalue weighted by Crippen LogP contribution is 2.18. The molecule has 7 nitrogen and oxygen atoms in total. The highest BCUT2D eigenvalue weighted by molar-refractivity contribution is 5.94. The number of rotatable bonds is 5. The maximum Gasteiger partial charge on any atom is 0.256 e. The number of carbonyl (C=O) groups is 1. The van der Waals surface area contributed by atoms with Gasteiger partial charge in [0.1, 0.15) is 11.6 Å². The number of anilines is 2. The van der Waals surface area contributed by atoms with Crippen molar-refractivity contribution in [1.82, 2.24) is 15.1 Å². The lowest BCUT2D eigenvalue weighted by Gasteiger charge is -2.35. The van der Waals surface area contributed by atoms with E-state index < -0.39 is 5.82 Å². The number of hydrogen-bond acceptors (Lipinski definition) is 6. The maximum atomic E-state index is 13.8. The smallest absolute Gasteiger partial charge is 0.256 e. The van der Waals surface area contributed by atoms with Gasteiger partial charge in [0.15, 0.2) is 5.82 Å². The number of piperazine rings is 1. The van der Waals surface area contributed by atoms with Crippen LogP contribution in [0.2, 0.25) is 0 Å². The fourth-order valence-electron chi connectivity index (χ4n) is 3.56. The molecule has 1 atom stereocenters. The summed E-state index contributed by atoms with van der Waals surface area (Å²) in [5, 5.41) is 11.8. The minimum absolute atomic E-state index is 0.123. The second-order valence-electron chi connectivity index (χ2n) is 7.05. The number of hydrogen-bond donors (Lipinski definition) is 1. The molecule has 148 valence electrons. The van der Waals surface area contributed by atoms with E-state index in [0.717, 1.165) is 37.6 Å². The Hall–Kier alpha value is -2.74. The van der Waals surface area contributed by atoms with Gasteiger partial charge in [0.2, 0.25) is 0 Å². The molecule has 3 heterocycles. The molecular formula is C20H24FN5O2. The van der Waals surface area contributed by atoms with E-state index in [1.54, 1.807) is 17.0 Å². The van der Waals surface area contributed by atoms with Crippen molar-refractivity contribution in [3.05, 3.63) is 47.8 Å². The molecule has 2 aromatic rings. The zero-order chi connectivity index (χ0) is 19.3. The van der Waals surface area contributed by atoms with Gasteiger partial charge in [-0.2, -0.15) is 0 Å². The van der Waals surface area contributed by atoms with E-state index in [1.165, 1.54) is 12.1 Å². The summed E-state index contributed by atoms with van der Waals surface area (Å²) in [5.41, 5.74) is 0.123. The average molecular weight is 385 g/mol. The first kappa shape index (κ1) is 18.6. The van der Waals surface area contributed by atoms with Crippen LogP contribution in [0, 0.1) is 5.82 Å². The predicted octanol–water partition coefficient (Wildman–Crippen LogP) is 2.17. The van der Waals surface area contributed by atoms with Crippen LogP contribution in [0.1, 0.15) is 23.2 Å². The number of benzene rings is 1. The van der Waals surface area contributed by atoms with Gasteiger partial charge in [-0.3, -0.25) is 4.79 Å². The van der Waals surface area contributed by atoms with Crippen molar-refractivity contribution in [2.45, 2.75) is 18.9 Å². The number of aromatic nitrogens is 2. The molecule has 0 saturated carbocycles. The quantitative estimate of drug-likeness (QED) is 0.851. The third-order valence-corrected chi connectivity index (χ3v) is 5.18. The van der Waals surface area contributed by atoms with Crippen molar-refractivity contribution >= 4 is 17.5 Å². The van der Waals surface area contributed by atoms with Gasteiger partial charge in [0, 0.05) is 39.3 Å². The molecule has 0 bridgehead atoms. The van der Waals surface area contributed by atoms with Crippen molar-refractivity contribution < 1.29 is 13.9 Å². The van der Waals surface area contributed by atoms with Crippen LogP contribution in [0.5, 0.6) is 0 Å². The van der Waals surface area contributed by atoms with Gasteiger partial charge in [0.25, 0.3) is 5.91 Å². The summed E-state index contributed by atoms with van der Waals surface area (Å²) in [5.74, 6) is 0.762. The molecule has 0 spiro atoms. The molecule has 4 rings (SSSR count). The third-order valence-electron chi connectivity index (χ3n) is 5.18. The highest BCUT2D eigenvalue weighted by Gasteiger charge is 2.24. The van der Waals surface area contributed by atoms with E-state index >= 15 is 0 Å². The van der Waals surface area contributed by atoms with E-state index in [-0.39, 0.29) is 17.6 Å². The molecule has 1 aromatic heterocycles. The van der Waals surface area contributed by atoms with E-state index in [9.17, 15) is 9.18 Å². The van der Waals surface area contributed by atoms with Crippen LogP contribution >= 0.6 is 0 Å². The summed E-state index contributed by atoms with van der Waals surface area (Å²) in [7, 11) is 0. The molecule has 1 amide bonds. The fraction of sp³-hybridized carbons (Fsp3) is 0.450. The van der Waals surface area contributed by atoms with Gasteiger partial charge in [0.05, 0.1) is 11.7 Å². The standard InChI is InChI=1S/C20H24FN5O2/c21-17-6-2-1-5-16(17)20(27)26-11-9-25(10-12-26)19-8-7-18(23-24-19)22-14-15-4-3-13-28-15/h1-2,5-8,15H,3-4,9-14H2,(H,22,23). The molecule has 1 N–H and O–H groups in total. The average Bonchev–Trinajstić information content (AvgIpc) is 3.26. The van der Waals surface area contributed by atoms with E-state index in [4.69, 9.17) is 4.74 Å². The van der Waals surface area contributed by atoms with Crippen molar-refractivity contribution in [2.75, 3.05) is 49.5 Å². The Morgan fingerprint density at radius 3 is 2.64 bits per heavy atom. The normalized spacial score (nSPS) is 19.7. The lowest BCUT2D eigenvalue weighted by Crippen LogP contribution is -2.49. The van der Waals surface area contributed by atoms with Crippen LogP contribution in [0.4, 0.5) is 16.0 Å². The van der Waals surface area contributed by atoms with Crippen LogP contribution < -0.4 is 10.2 Å². The zero-order valence-electron chi connectivity index (χ0n) is 15.7. The molecule has 0 aliphatic carbocycles. The number of halogens is 1. The lowest BCUT2D eigenvalue weighted by atomic mass is 10.1. The Bertz CT molecular complexity index is 802. The van der Waals surface area contributed by atoms with Crippen LogP contribution in [0.25, 0.3) is 0 Å². The largest absolute Gasteiger partial charge is 0.376 e. The van der Waals surface area contributed by atoms with Gasteiger partial charge >= 0.3 is 0 Å².